The van der Waals surface area contributed by atoms with Gasteiger partial charge in [-0.25, -0.2) is 0 Å². The smallest absolute Gasteiger partial charge is 0.307 e. The van der Waals surface area contributed by atoms with E-state index in [0.717, 1.165) is 11.3 Å². The number of aryl methyl sites for hydroxylation is 1. The number of hydrogen-bond donors (Lipinski definition) is 1. The van der Waals surface area contributed by atoms with E-state index in [9.17, 15) is 4.79 Å². The summed E-state index contributed by atoms with van der Waals surface area (Å²) in [6.07, 6.45) is 1.87. The van der Waals surface area contributed by atoms with E-state index in [1.54, 1.807) is 10.9 Å². The molecule has 2 N–H and O–H groups in total. The number of nitrogens with two attached hydrogens (primary N) is 1. The van der Waals surface area contributed by atoms with Crippen molar-refractivity contribution in [3.63, 3.8) is 0 Å². The molecule has 1 heterocycles. The van der Waals surface area contributed by atoms with Gasteiger partial charge in [-0.1, -0.05) is 0 Å². The van der Waals surface area contributed by atoms with Crippen molar-refractivity contribution < 1.29 is 9.53 Å². The van der Waals surface area contributed by atoms with Crippen molar-refractivity contribution in [3.8, 4) is 0 Å². The largest absolute Gasteiger partial charge is 0.469 e. The van der Waals surface area contributed by atoms with E-state index in [1.807, 2.05) is 14.0 Å². The van der Waals surface area contributed by atoms with E-state index in [0.29, 0.717) is 0 Å². The van der Waals surface area contributed by atoms with Crippen LogP contribution in [0.5, 0.6) is 0 Å². The fraction of sp³-hybridized carbons (Fsp3) is 0.556. The Kier molecular flexibility index (Phi) is 3.24. The minimum absolute atomic E-state index is 0.184. The van der Waals surface area contributed by atoms with Crippen molar-refractivity contribution in [1.29, 1.82) is 0 Å². The molecule has 0 aliphatic rings. The van der Waals surface area contributed by atoms with Crippen LogP contribution in [0, 0.1) is 6.92 Å². The molecule has 1 rings (SSSR count). The Morgan fingerprint density at radius 2 is 2.43 bits per heavy atom. The average Bonchev–Trinajstić information content (AvgIpc) is 2.47. The van der Waals surface area contributed by atoms with Gasteiger partial charge in [0.25, 0.3) is 0 Å². The first-order valence-electron chi connectivity index (χ1n) is 4.37. The van der Waals surface area contributed by atoms with Crippen LogP contribution in [0.4, 0.5) is 0 Å². The molecule has 14 heavy (non-hydrogen) atoms. The Labute approximate surface area is 82.8 Å². The monoisotopic (exact) mass is 197 g/mol. The number of aromatic nitrogens is 2. The molecule has 1 aromatic rings. The lowest BCUT2D eigenvalue weighted by molar-refractivity contribution is -0.141. The molecule has 0 unspecified atom stereocenters. The zero-order valence-electron chi connectivity index (χ0n) is 8.65. The van der Waals surface area contributed by atoms with Crippen molar-refractivity contribution in [2.75, 3.05) is 7.11 Å². The minimum atomic E-state index is -0.337. The number of carbonyl (C=O) groups excluding carboxylic acids is 1. The number of rotatable bonds is 3. The molecule has 5 heteroatoms. The molecule has 0 aromatic carbocycles. The van der Waals surface area contributed by atoms with Crippen molar-refractivity contribution >= 4 is 5.97 Å². The van der Waals surface area contributed by atoms with Crippen molar-refractivity contribution in [2.24, 2.45) is 12.8 Å². The lowest BCUT2D eigenvalue weighted by Gasteiger charge is -2.09. The Balaban J connectivity index is 2.74. The molecule has 0 aliphatic heterocycles. The SMILES string of the molecule is COC(=O)C[C@H](N)c1cnn(C)c1C. The van der Waals surface area contributed by atoms with Crippen LogP contribution in [0.3, 0.4) is 0 Å². The standard InChI is InChI=1S/C9H15N3O2/c1-6-7(5-11-12(6)2)8(10)4-9(13)14-3/h5,8H,4,10H2,1-3H3/t8-/m0/s1. The fourth-order valence-electron chi connectivity index (χ4n) is 1.25. The maximum atomic E-state index is 11.0. The summed E-state index contributed by atoms with van der Waals surface area (Å²) in [4.78, 5) is 11.0. The molecule has 0 saturated heterocycles. The lowest BCUT2D eigenvalue weighted by atomic mass is 10.1. The first-order chi connectivity index (χ1) is 6.56. The molecule has 1 aromatic heterocycles. The summed E-state index contributed by atoms with van der Waals surface area (Å²) in [6, 6.07) is -0.337. The highest BCUT2D eigenvalue weighted by Crippen LogP contribution is 2.17. The van der Waals surface area contributed by atoms with Crippen LogP contribution in [0.1, 0.15) is 23.7 Å². The Bertz CT molecular complexity index is 333. The first-order valence-corrected chi connectivity index (χ1v) is 4.37. The summed E-state index contributed by atoms with van der Waals surface area (Å²) in [5, 5.41) is 4.05. The maximum absolute atomic E-state index is 11.0. The summed E-state index contributed by atoms with van der Waals surface area (Å²) in [6.45, 7) is 1.92. The predicted molar refractivity (Wildman–Crippen MR) is 51.5 cm³/mol. The zero-order chi connectivity index (χ0) is 10.7. The van der Waals surface area contributed by atoms with Gasteiger partial charge in [-0.15, -0.1) is 0 Å². The number of esters is 1. The maximum Gasteiger partial charge on any atom is 0.307 e. The van der Waals surface area contributed by atoms with Crippen LogP contribution in [0.25, 0.3) is 0 Å². The molecule has 0 radical (unpaired) electrons. The van der Waals surface area contributed by atoms with Gasteiger partial charge in [0.1, 0.15) is 0 Å². The third-order valence-electron chi connectivity index (χ3n) is 2.29. The Morgan fingerprint density at radius 1 is 1.79 bits per heavy atom. The van der Waals surface area contributed by atoms with Gasteiger partial charge in [0.05, 0.1) is 19.7 Å². The van der Waals surface area contributed by atoms with E-state index in [-0.39, 0.29) is 18.4 Å². The average molecular weight is 197 g/mol. The lowest BCUT2D eigenvalue weighted by Crippen LogP contribution is -2.16. The molecular weight excluding hydrogens is 182 g/mol. The topological polar surface area (TPSA) is 70.1 Å². The predicted octanol–water partition coefficient (Wildman–Crippen LogP) is 0.291. The van der Waals surface area contributed by atoms with E-state index in [2.05, 4.69) is 9.84 Å². The molecule has 0 fully saturated rings. The second-order valence-electron chi connectivity index (χ2n) is 3.20. The number of ether oxygens (including phenoxy) is 1. The highest BCUT2D eigenvalue weighted by atomic mass is 16.5. The molecular formula is C9H15N3O2. The second-order valence-corrected chi connectivity index (χ2v) is 3.20. The number of methoxy groups -OCH3 is 1. The summed E-state index contributed by atoms with van der Waals surface area (Å²) in [5.74, 6) is -0.305. The molecule has 78 valence electrons. The Morgan fingerprint density at radius 3 is 2.86 bits per heavy atom. The van der Waals surface area contributed by atoms with Gasteiger partial charge in [0.15, 0.2) is 0 Å². The zero-order valence-corrected chi connectivity index (χ0v) is 8.65. The van der Waals surface area contributed by atoms with E-state index >= 15 is 0 Å². The van der Waals surface area contributed by atoms with Crippen molar-refractivity contribution in [1.82, 2.24) is 9.78 Å². The minimum Gasteiger partial charge on any atom is -0.469 e. The van der Waals surface area contributed by atoms with Crippen LogP contribution in [-0.2, 0) is 16.6 Å². The highest BCUT2D eigenvalue weighted by Gasteiger charge is 2.16. The van der Waals surface area contributed by atoms with Gasteiger partial charge < -0.3 is 10.5 Å². The summed E-state index contributed by atoms with van der Waals surface area (Å²) < 4.78 is 6.27. The van der Waals surface area contributed by atoms with Crippen LogP contribution in [0.2, 0.25) is 0 Å². The number of hydrogen-bond acceptors (Lipinski definition) is 4. The van der Waals surface area contributed by atoms with E-state index in [1.165, 1.54) is 7.11 Å². The van der Waals surface area contributed by atoms with Crippen LogP contribution in [-0.4, -0.2) is 22.9 Å². The van der Waals surface area contributed by atoms with Gasteiger partial charge in [-0.2, -0.15) is 5.10 Å². The highest BCUT2D eigenvalue weighted by molar-refractivity contribution is 5.70. The second kappa shape index (κ2) is 4.23. The van der Waals surface area contributed by atoms with Crippen molar-refractivity contribution in [2.45, 2.75) is 19.4 Å². The summed E-state index contributed by atoms with van der Waals surface area (Å²) in [7, 11) is 3.19. The van der Waals surface area contributed by atoms with Gasteiger partial charge in [0.2, 0.25) is 0 Å². The van der Waals surface area contributed by atoms with E-state index < -0.39 is 0 Å². The molecule has 1 atom stereocenters. The van der Waals surface area contributed by atoms with Crippen LogP contribution >= 0.6 is 0 Å². The number of carbonyl (C=O) groups is 1. The first kappa shape index (κ1) is 10.7. The quantitative estimate of drug-likeness (QED) is 0.707. The molecule has 0 bridgehead atoms. The van der Waals surface area contributed by atoms with Crippen LogP contribution in [0.15, 0.2) is 6.20 Å². The normalized spacial score (nSPS) is 12.6. The fourth-order valence-corrected chi connectivity index (χ4v) is 1.25. The van der Waals surface area contributed by atoms with Gasteiger partial charge in [-0.05, 0) is 6.92 Å². The van der Waals surface area contributed by atoms with Crippen LogP contribution < -0.4 is 5.73 Å². The summed E-state index contributed by atoms with van der Waals surface area (Å²) in [5.41, 5.74) is 7.69. The van der Waals surface area contributed by atoms with E-state index in [4.69, 9.17) is 5.73 Å². The molecule has 0 saturated carbocycles. The molecule has 0 amide bonds. The molecule has 0 aliphatic carbocycles. The van der Waals surface area contributed by atoms with Gasteiger partial charge in [0, 0.05) is 24.3 Å². The molecule has 0 spiro atoms. The summed E-state index contributed by atoms with van der Waals surface area (Å²) >= 11 is 0. The molecule has 5 nitrogen and oxygen atoms in total. The van der Waals surface area contributed by atoms with Gasteiger partial charge in [-0.3, -0.25) is 9.48 Å². The Hall–Kier alpha value is -1.36. The number of nitrogens with zero attached hydrogens (tertiary/aromatic N) is 2. The van der Waals surface area contributed by atoms with Crippen molar-refractivity contribution in [3.05, 3.63) is 17.5 Å². The third-order valence-corrected chi connectivity index (χ3v) is 2.29. The van der Waals surface area contributed by atoms with Gasteiger partial charge >= 0.3 is 5.97 Å². The third kappa shape index (κ3) is 2.11.